The molecule has 0 spiro atoms. The number of esters is 4. The van der Waals surface area contributed by atoms with Crippen molar-refractivity contribution in [2.45, 2.75) is 0 Å². The van der Waals surface area contributed by atoms with Crippen molar-refractivity contribution in [3.8, 4) is 11.5 Å². The van der Waals surface area contributed by atoms with Gasteiger partial charge in [0.05, 0.1) is 38.8 Å². The van der Waals surface area contributed by atoms with Crippen molar-refractivity contribution in [2.75, 3.05) is 7.11 Å². The van der Waals surface area contributed by atoms with E-state index in [9.17, 15) is 19.2 Å². The zero-order valence-electron chi connectivity index (χ0n) is 17.9. The molecule has 0 aromatic heterocycles. The number of rotatable bonds is 2. The van der Waals surface area contributed by atoms with Gasteiger partial charge in [-0.2, -0.15) is 0 Å². The first kappa shape index (κ1) is 21.6. The number of benzene rings is 5. The lowest BCUT2D eigenvalue weighted by molar-refractivity contribution is 0.0373. The fourth-order valence-electron chi connectivity index (χ4n) is 5.43. The predicted octanol–water partition coefficient (Wildman–Crippen LogP) is 5.84. The maximum atomic E-state index is 12.7. The molecule has 2 aliphatic heterocycles. The van der Waals surface area contributed by atoms with Crippen LogP contribution in [0.2, 0.25) is 10.0 Å². The van der Waals surface area contributed by atoms with Crippen molar-refractivity contribution in [1.29, 1.82) is 0 Å². The van der Waals surface area contributed by atoms with Crippen molar-refractivity contribution in [1.82, 2.24) is 0 Å². The summed E-state index contributed by atoms with van der Waals surface area (Å²) >= 11 is 13.5. The fourth-order valence-corrected chi connectivity index (χ4v) is 6.21. The lowest BCUT2D eigenvalue weighted by Gasteiger charge is -2.26. The Labute approximate surface area is 212 Å². The molecule has 36 heavy (non-hydrogen) atoms. The zero-order valence-corrected chi connectivity index (χ0v) is 20.6. The van der Waals surface area contributed by atoms with Crippen LogP contribution in [0.25, 0.3) is 43.1 Å². The molecule has 8 nitrogen and oxygen atoms in total. The van der Waals surface area contributed by atoms with Gasteiger partial charge in [-0.05, 0) is 24.3 Å². The number of hydrogen-bond acceptors (Lipinski definition) is 8. The third-order valence-electron chi connectivity index (χ3n) is 6.74. The van der Waals surface area contributed by atoms with Crippen LogP contribution in [0.15, 0.2) is 24.3 Å². The third-order valence-corrected chi connectivity index (χ3v) is 7.59. The first-order valence-corrected chi connectivity index (χ1v) is 11.6. The molecule has 2 heterocycles. The van der Waals surface area contributed by atoms with Crippen LogP contribution in [0.4, 0.5) is 0 Å². The molecular weight excluding hydrogens is 530 g/mol. The number of fused-ring (bicyclic) bond motifs is 2. The molecule has 11 heteroatoms. The van der Waals surface area contributed by atoms with Crippen molar-refractivity contribution in [3.63, 3.8) is 0 Å². The first-order chi connectivity index (χ1) is 17.3. The minimum absolute atomic E-state index is 0.104. The monoisotopic (exact) mass is 538 g/mol. The van der Waals surface area contributed by atoms with Gasteiger partial charge in [0.15, 0.2) is 0 Å². The highest BCUT2D eigenvalue weighted by Gasteiger charge is 2.37. The Morgan fingerprint density at radius 3 is 1.39 bits per heavy atom. The second-order valence-electron chi connectivity index (χ2n) is 8.33. The van der Waals surface area contributed by atoms with Gasteiger partial charge in [-0.15, -0.1) is 0 Å². The normalized spacial score (nSPS) is 14.8. The Morgan fingerprint density at radius 2 is 0.972 bits per heavy atom. The van der Waals surface area contributed by atoms with E-state index < -0.39 is 23.9 Å². The lowest BCUT2D eigenvalue weighted by Crippen LogP contribution is -2.21. The van der Waals surface area contributed by atoms with Crippen LogP contribution in [0.3, 0.4) is 0 Å². The quantitative estimate of drug-likeness (QED) is 0.0906. The molecule has 1 unspecified atom stereocenters. The Hall–Kier alpha value is -3.71. The van der Waals surface area contributed by atoms with Crippen LogP contribution < -0.4 is 9.26 Å². The van der Waals surface area contributed by atoms with Gasteiger partial charge in [-0.25, -0.2) is 19.2 Å². The van der Waals surface area contributed by atoms with Crippen molar-refractivity contribution in [2.24, 2.45) is 0 Å². The van der Waals surface area contributed by atoms with E-state index >= 15 is 0 Å². The number of carbonyl (C=O) groups excluding carboxylic acids is 4. The molecule has 0 aliphatic carbocycles. The van der Waals surface area contributed by atoms with Gasteiger partial charge >= 0.3 is 23.9 Å². The standard InChI is InChI=1S/C25H9Cl2O8P/c1-32-12-4-8-14-6(22(28)33-24(8)30)2-10(26)16-17-11(27)3-7-15-9(25(31)34-23(7)29)5-13(35-36)19(21(15)17)18(12)20(14)16/h2-5H,36H2,1H3. The summed E-state index contributed by atoms with van der Waals surface area (Å²) in [6.45, 7) is 0. The maximum absolute atomic E-state index is 12.7. The molecule has 0 radical (unpaired) electrons. The summed E-state index contributed by atoms with van der Waals surface area (Å²) < 4.78 is 21.1. The van der Waals surface area contributed by atoms with Gasteiger partial charge < -0.3 is 18.7 Å². The molecule has 5 aromatic carbocycles. The number of methoxy groups -OCH3 is 1. The van der Waals surface area contributed by atoms with Crippen LogP contribution in [-0.2, 0) is 9.47 Å². The van der Waals surface area contributed by atoms with Crippen LogP contribution in [0.5, 0.6) is 11.5 Å². The van der Waals surface area contributed by atoms with E-state index in [1.165, 1.54) is 31.4 Å². The van der Waals surface area contributed by atoms with Gasteiger partial charge in [0, 0.05) is 53.1 Å². The first-order valence-electron chi connectivity index (χ1n) is 10.4. The minimum Gasteiger partial charge on any atom is -0.496 e. The summed E-state index contributed by atoms with van der Waals surface area (Å²) in [4.78, 5) is 50.8. The number of carbonyl (C=O) groups is 4. The second kappa shape index (κ2) is 6.95. The van der Waals surface area contributed by atoms with Gasteiger partial charge in [0.25, 0.3) is 0 Å². The van der Waals surface area contributed by atoms with Crippen molar-refractivity contribution in [3.05, 3.63) is 56.6 Å². The lowest BCUT2D eigenvalue weighted by atomic mass is 9.82. The summed E-state index contributed by atoms with van der Waals surface area (Å²) in [7, 11) is 3.55. The number of cyclic esters (lactones) is 4. The molecular formula is C25H9Cl2O8P. The van der Waals surface area contributed by atoms with Crippen molar-refractivity contribution >= 4 is 99.6 Å². The summed E-state index contributed by atoms with van der Waals surface area (Å²) in [5.74, 6) is -2.85. The van der Waals surface area contributed by atoms with E-state index in [4.69, 9.17) is 41.9 Å². The molecule has 1 atom stereocenters. The van der Waals surface area contributed by atoms with Crippen LogP contribution in [0.1, 0.15) is 41.4 Å². The third kappa shape index (κ3) is 2.39. The average Bonchev–Trinajstić information content (AvgIpc) is 2.85. The molecule has 0 saturated heterocycles. The highest BCUT2D eigenvalue weighted by molar-refractivity contribution is 7.10. The minimum atomic E-state index is -0.839. The number of ether oxygens (including phenoxy) is 3. The van der Waals surface area contributed by atoms with Gasteiger partial charge in [-0.1, -0.05) is 23.2 Å². The smallest absolute Gasteiger partial charge is 0.346 e. The summed E-state index contributed by atoms with van der Waals surface area (Å²) in [5, 5.41) is 3.53. The van der Waals surface area contributed by atoms with E-state index in [1.54, 1.807) is 0 Å². The molecule has 5 aromatic rings. The van der Waals surface area contributed by atoms with E-state index in [-0.39, 0.29) is 43.8 Å². The second-order valence-corrected chi connectivity index (χ2v) is 9.38. The Morgan fingerprint density at radius 1 is 0.583 bits per heavy atom. The van der Waals surface area contributed by atoms with Gasteiger partial charge in [0.2, 0.25) is 0 Å². The maximum Gasteiger partial charge on any atom is 0.346 e. The van der Waals surface area contributed by atoms with Crippen LogP contribution in [-0.4, -0.2) is 31.0 Å². The average molecular weight is 539 g/mol. The molecule has 2 aliphatic rings. The van der Waals surface area contributed by atoms with Crippen LogP contribution >= 0.6 is 32.7 Å². The largest absolute Gasteiger partial charge is 0.496 e. The molecule has 7 rings (SSSR count). The van der Waals surface area contributed by atoms with E-state index in [1.807, 2.05) is 0 Å². The van der Waals surface area contributed by atoms with Crippen molar-refractivity contribution < 1.29 is 37.9 Å². The number of halogens is 2. The Balaban J connectivity index is 1.94. The van der Waals surface area contributed by atoms with Gasteiger partial charge in [0.1, 0.15) is 11.5 Å². The Bertz CT molecular complexity index is 1820. The molecule has 176 valence electrons. The summed E-state index contributed by atoms with van der Waals surface area (Å²) in [5.41, 5.74) is 0.444. The number of hydrogen-bond donors (Lipinski definition) is 0. The molecule has 0 N–H and O–H groups in total. The fraction of sp³-hybridized carbons (Fsp3) is 0.0400. The molecule has 0 fully saturated rings. The Kier molecular flexibility index (Phi) is 4.16. The zero-order chi connectivity index (χ0) is 25.2. The summed E-state index contributed by atoms with van der Waals surface area (Å²) in [6.07, 6.45) is 0. The highest BCUT2D eigenvalue weighted by Crippen LogP contribution is 2.54. The molecule has 0 amide bonds. The van der Waals surface area contributed by atoms with Crippen LogP contribution in [0, 0.1) is 0 Å². The molecule has 0 bridgehead atoms. The SMILES string of the molecule is COc1cc2c3c(cc(Cl)c4c5c(Cl)cc6c7c(cc(OP)c(c1c34)c75)C(=O)OC6=O)C(=O)OC2=O. The van der Waals surface area contributed by atoms with E-state index in [0.29, 0.717) is 43.1 Å². The predicted molar refractivity (Wildman–Crippen MR) is 134 cm³/mol. The van der Waals surface area contributed by atoms with E-state index in [2.05, 4.69) is 9.47 Å². The molecule has 0 saturated carbocycles. The summed E-state index contributed by atoms with van der Waals surface area (Å²) in [6, 6.07) is 5.76. The van der Waals surface area contributed by atoms with E-state index in [0.717, 1.165) is 0 Å². The van der Waals surface area contributed by atoms with Gasteiger partial charge in [-0.3, -0.25) is 0 Å². The topological polar surface area (TPSA) is 105 Å². The highest BCUT2D eigenvalue weighted by atomic mass is 35.5.